The van der Waals surface area contributed by atoms with Gasteiger partial charge in [-0.05, 0) is 43.9 Å². The van der Waals surface area contributed by atoms with Crippen LogP contribution in [-0.2, 0) is 30.3 Å². The second-order valence-corrected chi connectivity index (χ2v) is 11.5. The predicted molar refractivity (Wildman–Crippen MR) is 164 cm³/mol. The van der Waals surface area contributed by atoms with E-state index in [9.17, 15) is 19.2 Å². The molecule has 2 aromatic carbocycles. The Kier molecular flexibility index (Phi) is 8.81. The standard InChI is InChI=1S/C32H37N7O5/c1-32(2,33)31(43)36-24(16-21-17-34-23-13-8-7-12-22(21)23)28(40)37-26-18-38(19-35-26)27(20-10-5-4-6-11-20)29(41)39-15-9-14-25(39)30(42)44-3/h4-8,10-13,17-19,24-25,27,34H,9,14-16,33H2,1-3H3,(H,36,43)(H,37,40)/t24-,25?,27?/m1/s1. The molecule has 5 rings (SSSR count). The van der Waals surface area contributed by atoms with E-state index in [1.54, 1.807) is 29.5 Å². The van der Waals surface area contributed by atoms with Gasteiger partial charge in [0, 0.05) is 36.3 Å². The number of carbonyl (C=O) groups is 4. The summed E-state index contributed by atoms with van der Waals surface area (Å²) < 4.78 is 6.55. The van der Waals surface area contributed by atoms with Crippen LogP contribution in [0.4, 0.5) is 5.82 Å². The van der Waals surface area contributed by atoms with E-state index in [0.717, 1.165) is 16.5 Å². The maximum Gasteiger partial charge on any atom is 0.328 e. The van der Waals surface area contributed by atoms with Crippen LogP contribution in [0, 0.1) is 0 Å². The predicted octanol–water partition coefficient (Wildman–Crippen LogP) is 2.52. The SMILES string of the molecule is COC(=O)C1CCCN1C(=O)C(c1ccccc1)n1cnc(NC(=O)[C@@H](Cc2c[nH]c3ccccc23)NC(=O)C(C)(C)N)c1. The van der Waals surface area contributed by atoms with Crippen LogP contribution in [0.3, 0.4) is 0 Å². The van der Waals surface area contributed by atoms with E-state index in [2.05, 4.69) is 20.6 Å². The first-order valence-electron chi connectivity index (χ1n) is 14.5. The van der Waals surface area contributed by atoms with Gasteiger partial charge in [0.05, 0.1) is 19.0 Å². The largest absolute Gasteiger partial charge is 0.467 e. The van der Waals surface area contributed by atoms with Gasteiger partial charge in [0.15, 0.2) is 5.82 Å². The number of aromatic amines is 1. The molecule has 12 heteroatoms. The Morgan fingerprint density at radius 2 is 1.84 bits per heavy atom. The van der Waals surface area contributed by atoms with E-state index in [0.29, 0.717) is 24.9 Å². The Morgan fingerprint density at radius 1 is 1.11 bits per heavy atom. The fourth-order valence-electron chi connectivity index (χ4n) is 5.48. The third kappa shape index (κ3) is 6.50. The maximum absolute atomic E-state index is 13.9. The number of likely N-dealkylation sites (tertiary alicyclic amines) is 1. The second-order valence-electron chi connectivity index (χ2n) is 11.5. The highest BCUT2D eigenvalue weighted by Crippen LogP contribution is 2.28. The number of para-hydroxylation sites is 1. The molecule has 3 amide bonds. The number of rotatable bonds is 10. The molecule has 0 spiro atoms. The monoisotopic (exact) mass is 599 g/mol. The number of nitrogens with zero attached hydrogens (tertiary/aromatic N) is 3. The molecule has 3 atom stereocenters. The molecule has 0 aliphatic carbocycles. The van der Waals surface area contributed by atoms with Crippen molar-refractivity contribution in [2.45, 2.75) is 56.8 Å². The number of anilines is 1. The number of amides is 3. The highest BCUT2D eigenvalue weighted by Gasteiger charge is 2.39. The van der Waals surface area contributed by atoms with Gasteiger partial charge in [0.25, 0.3) is 5.91 Å². The van der Waals surface area contributed by atoms with Crippen LogP contribution in [0.15, 0.2) is 73.3 Å². The van der Waals surface area contributed by atoms with Crippen LogP contribution in [0.1, 0.15) is 43.9 Å². The van der Waals surface area contributed by atoms with Crippen molar-refractivity contribution in [3.05, 3.63) is 84.4 Å². The first-order chi connectivity index (χ1) is 21.1. The molecule has 3 heterocycles. The number of aromatic nitrogens is 3. The molecule has 0 saturated carbocycles. The van der Waals surface area contributed by atoms with Gasteiger partial charge in [-0.15, -0.1) is 0 Å². The molecule has 2 unspecified atom stereocenters. The van der Waals surface area contributed by atoms with Gasteiger partial charge in [0.1, 0.15) is 18.1 Å². The maximum atomic E-state index is 13.9. The first-order valence-corrected chi connectivity index (χ1v) is 14.5. The van der Waals surface area contributed by atoms with Crippen LogP contribution in [0.5, 0.6) is 0 Å². The van der Waals surface area contributed by atoms with Crippen LogP contribution in [0.25, 0.3) is 10.9 Å². The molecule has 1 fully saturated rings. The number of imidazole rings is 1. The molecule has 1 aliphatic rings. The lowest BCUT2D eigenvalue weighted by Crippen LogP contribution is -2.55. The lowest BCUT2D eigenvalue weighted by atomic mass is 10.0. The minimum Gasteiger partial charge on any atom is -0.467 e. The zero-order chi connectivity index (χ0) is 31.4. The molecule has 1 aliphatic heterocycles. The number of methoxy groups -OCH3 is 1. The Labute approximate surface area is 255 Å². The molecule has 230 valence electrons. The lowest BCUT2D eigenvalue weighted by Gasteiger charge is -2.28. The molecule has 12 nitrogen and oxygen atoms in total. The Hall–Kier alpha value is -4.97. The summed E-state index contributed by atoms with van der Waals surface area (Å²) in [5.41, 5.74) is 7.27. The van der Waals surface area contributed by atoms with Crippen molar-refractivity contribution in [1.82, 2.24) is 24.8 Å². The van der Waals surface area contributed by atoms with Crippen molar-refractivity contribution in [3.63, 3.8) is 0 Å². The topological polar surface area (TPSA) is 164 Å². The number of H-pyrrole nitrogens is 1. The quantitative estimate of drug-likeness (QED) is 0.203. The van der Waals surface area contributed by atoms with Crippen molar-refractivity contribution >= 4 is 40.4 Å². The van der Waals surface area contributed by atoms with Crippen LogP contribution >= 0.6 is 0 Å². The Bertz CT molecular complexity index is 1660. The van der Waals surface area contributed by atoms with Crippen LogP contribution < -0.4 is 16.4 Å². The molecule has 0 radical (unpaired) electrons. The van der Waals surface area contributed by atoms with E-state index in [-0.39, 0.29) is 18.1 Å². The van der Waals surface area contributed by atoms with Crippen LogP contribution in [-0.4, -0.2) is 74.4 Å². The van der Waals surface area contributed by atoms with Crippen molar-refractivity contribution in [1.29, 1.82) is 0 Å². The molecule has 5 N–H and O–H groups in total. The Balaban J connectivity index is 1.40. The summed E-state index contributed by atoms with van der Waals surface area (Å²) in [6.45, 7) is 3.56. The van der Waals surface area contributed by atoms with Crippen molar-refractivity contribution in [3.8, 4) is 0 Å². The Morgan fingerprint density at radius 3 is 2.57 bits per heavy atom. The van der Waals surface area contributed by atoms with Gasteiger partial charge in [-0.25, -0.2) is 9.78 Å². The summed E-state index contributed by atoms with van der Waals surface area (Å²) in [4.78, 5) is 61.9. The van der Waals surface area contributed by atoms with Crippen molar-refractivity contribution in [2.75, 3.05) is 19.0 Å². The minimum atomic E-state index is -1.21. The zero-order valence-electron chi connectivity index (χ0n) is 24.9. The fraction of sp³-hybridized carbons (Fsp3) is 0.344. The van der Waals surface area contributed by atoms with E-state index in [1.807, 2.05) is 60.8 Å². The van der Waals surface area contributed by atoms with E-state index >= 15 is 0 Å². The van der Waals surface area contributed by atoms with Crippen LogP contribution in [0.2, 0.25) is 0 Å². The summed E-state index contributed by atoms with van der Waals surface area (Å²) in [5, 5.41) is 6.51. The normalized spacial score (nSPS) is 16.4. The van der Waals surface area contributed by atoms with Gasteiger partial charge in [-0.3, -0.25) is 14.4 Å². The average molecular weight is 600 g/mol. The van der Waals surface area contributed by atoms with Gasteiger partial charge in [0.2, 0.25) is 11.8 Å². The molecule has 1 saturated heterocycles. The van der Waals surface area contributed by atoms with Crippen molar-refractivity contribution < 1.29 is 23.9 Å². The average Bonchev–Trinajstić information content (AvgIpc) is 3.77. The number of benzene rings is 2. The van der Waals surface area contributed by atoms with Crippen molar-refractivity contribution in [2.24, 2.45) is 5.73 Å². The van der Waals surface area contributed by atoms with E-state index in [1.165, 1.54) is 13.4 Å². The summed E-state index contributed by atoms with van der Waals surface area (Å²) >= 11 is 0. The van der Waals surface area contributed by atoms with E-state index < -0.39 is 41.4 Å². The molecule has 0 bridgehead atoms. The summed E-state index contributed by atoms with van der Waals surface area (Å²) in [6, 6.07) is 14.4. The highest BCUT2D eigenvalue weighted by atomic mass is 16.5. The van der Waals surface area contributed by atoms with E-state index in [4.69, 9.17) is 10.5 Å². The lowest BCUT2D eigenvalue weighted by molar-refractivity contribution is -0.151. The molecular formula is C32H37N7O5. The number of nitrogens with one attached hydrogen (secondary N) is 3. The number of fused-ring (bicyclic) bond motifs is 1. The van der Waals surface area contributed by atoms with Gasteiger partial charge in [-0.1, -0.05) is 48.5 Å². The van der Waals surface area contributed by atoms with Gasteiger partial charge >= 0.3 is 5.97 Å². The minimum absolute atomic E-state index is 0.194. The van der Waals surface area contributed by atoms with Gasteiger partial charge < -0.3 is 35.6 Å². The number of hydrogen-bond acceptors (Lipinski definition) is 7. The summed E-state index contributed by atoms with van der Waals surface area (Å²) in [5.74, 6) is -1.52. The molecule has 44 heavy (non-hydrogen) atoms. The molecule has 4 aromatic rings. The fourth-order valence-corrected chi connectivity index (χ4v) is 5.48. The first kappa shape index (κ1) is 30.5. The number of esters is 1. The summed E-state index contributed by atoms with van der Waals surface area (Å²) in [7, 11) is 1.31. The third-order valence-corrected chi connectivity index (χ3v) is 7.82. The second kappa shape index (κ2) is 12.7. The highest BCUT2D eigenvalue weighted by molar-refractivity contribution is 5.98. The molecular weight excluding hydrogens is 562 g/mol. The number of hydrogen-bond donors (Lipinski definition) is 4. The number of nitrogens with two attached hydrogens (primary N) is 1. The number of carbonyl (C=O) groups excluding carboxylic acids is 4. The van der Waals surface area contributed by atoms with Gasteiger partial charge in [-0.2, -0.15) is 0 Å². The third-order valence-electron chi connectivity index (χ3n) is 7.82. The number of ether oxygens (including phenoxy) is 1. The molecule has 2 aromatic heterocycles. The smallest absolute Gasteiger partial charge is 0.328 e. The zero-order valence-corrected chi connectivity index (χ0v) is 24.9. The summed E-state index contributed by atoms with van der Waals surface area (Å²) in [6.07, 6.45) is 6.25.